The van der Waals surface area contributed by atoms with E-state index in [-0.39, 0.29) is 0 Å². The Morgan fingerprint density at radius 2 is 0.482 bits per heavy atom. The predicted molar refractivity (Wildman–Crippen MR) is 464 cm³/mol. The minimum absolute atomic E-state index is 0.775. The zero-order valence-electron chi connectivity index (χ0n) is 59.3. The van der Waals surface area contributed by atoms with Gasteiger partial charge in [0.15, 0.2) is 11.6 Å². The average molecular weight is 1390 g/mol. The lowest BCUT2D eigenvalue weighted by Gasteiger charge is -2.16. The Labute approximate surface area is 629 Å². The van der Waals surface area contributed by atoms with Gasteiger partial charge in [0.25, 0.3) is 0 Å². The standard InChI is InChI=1S/C104H60N6/c1-3-19-61(20-4-1)63-35-39-68(40-36-63)99-104(108-102-75-28-12-9-25-67(75)45-53-87(102)105-99)110-90-56-48-66-24-8-11-27-74(66)96(90)98-92(110)58-52-84-80-32-15-16-33-81(80)86-60-71(44-50-85(86)94(84)98)70-43-49-76-72(59-70)46-54-88-101(76)107-100(69-41-37-64(38-42-69)62-21-5-2-6-22-62)103(106-88)109-89-55-47-65-23-7-10-26-73(65)95(89)97-91(109)57-51-83-79-31-14-13-29-77(79)78-30-17-18-34-82(78)93(83)97/h1-60H. The highest BCUT2D eigenvalue weighted by Gasteiger charge is 2.28. The van der Waals surface area contributed by atoms with Gasteiger partial charge in [-0.25, -0.2) is 19.9 Å². The molecule has 0 N–H and O–H groups in total. The highest BCUT2D eigenvalue weighted by molar-refractivity contribution is 6.40. The van der Waals surface area contributed by atoms with Crippen molar-refractivity contribution < 1.29 is 0 Å². The third-order valence-corrected chi connectivity index (χ3v) is 23.6. The van der Waals surface area contributed by atoms with Crippen LogP contribution in [0.15, 0.2) is 364 Å². The van der Waals surface area contributed by atoms with Crippen LogP contribution in [0.4, 0.5) is 0 Å². The van der Waals surface area contributed by atoms with Crippen LogP contribution in [0.5, 0.6) is 0 Å². The Balaban J connectivity index is 0.716. The predicted octanol–water partition coefficient (Wildman–Crippen LogP) is 27.6. The molecule has 0 radical (unpaired) electrons. The number of fused-ring (bicyclic) bond motifs is 30. The molecule has 0 spiro atoms. The van der Waals surface area contributed by atoms with Crippen LogP contribution in [0, 0.1) is 0 Å². The summed E-state index contributed by atoms with van der Waals surface area (Å²) in [5, 5.41) is 28.4. The second-order valence-electron chi connectivity index (χ2n) is 29.4. The molecule has 0 unspecified atom stereocenters. The van der Waals surface area contributed by atoms with E-state index in [0.717, 1.165) is 128 Å². The van der Waals surface area contributed by atoms with Crippen LogP contribution in [0.1, 0.15) is 0 Å². The third-order valence-electron chi connectivity index (χ3n) is 23.6. The Kier molecular flexibility index (Phi) is 12.9. The molecular weight excluding hydrogens is 1330 g/mol. The zero-order valence-corrected chi connectivity index (χ0v) is 59.3. The van der Waals surface area contributed by atoms with Gasteiger partial charge in [0.2, 0.25) is 0 Å². The van der Waals surface area contributed by atoms with Crippen molar-refractivity contribution in [3.8, 4) is 67.5 Å². The quantitative estimate of drug-likeness (QED) is 0.149. The van der Waals surface area contributed by atoms with Gasteiger partial charge in [0.05, 0.1) is 44.1 Å². The van der Waals surface area contributed by atoms with Crippen molar-refractivity contribution >= 4 is 173 Å². The lowest BCUT2D eigenvalue weighted by atomic mass is 9.89. The SMILES string of the molecule is c1ccc(-c2ccc(-c3nc4c(ccc5cc(-c6ccc7c(c6)c6ccccc6c6ccc8c(c67)c6c7ccccc7ccc6n8-c6nc7c(ccc8ccccc87)nc6-c6ccc(-c7ccccc7)cc6)ccc54)nc3-n3c4ccc5ccccc5c4c4c5c6ccccc6c6ccccc6c5ccc43)cc2)cc1. The fourth-order valence-corrected chi connectivity index (χ4v) is 18.6. The molecule has 0 amide bonds. The van der Waals surface area contributed by atoms with Gasteiger partial charge in [-0.15, -0.1) is 0 Å². The Morgan fingerprint density at radius 3 is 1.03 bits per heavy atom. The van der Waals surface area contributed by atoms with Crippen LogP contribution < -0.4 is 0 Å². The normalized spacial score (nSPS) is 12.2. The van der Waals surface area contributed by atoms with Crippen LogP contribution in [-0.4, -0.2) is 29.1 Å². The van der Waals surface area contributed by atoms with Gasteiger partial charge < -0.3 is 0 Å². The van der Waals surface area contributed by atoms with Crippen molar-refractivity contribution in [2.75, 3.05) is 0 Å². The summed E-state index contributed by atoms with van der Waals surface area (Å²) in [6.45, 7) is 0. The maximum Gasteiger partial charge on any atom is 0.165 e. The van der Waals surface area contributed by atoms with Crippen LogP contribution in [0.25, 0.3) is 241 Å². The van der Waals surface area contributed by atoms with E-state index in [9.17, 15) is 0 Å². The van der Waals surface area contributed by atoms with Gasteiger partial charge in [0, 0.05) is 54.2 Å². The van der Waals surface area contributed by atoms with Crippen LogP contribution in [-0.2, 0) is 0 Å². The largest absolute Gasteiger partial charge is 0.292 e. The molecule has 4 heterocycles. The van der Waals surface area contributed by atoms with Crippen molar-refractivity contribution in [2.24, 2.45) is 0 Å². The summed E-state index contributed by atoms with van der Waals surface area (Å²) in [4.78, 5) is 23.3. The minimum Gasteiger partial charge on any atom is -0.292 e. The second kappa shape index (κ2) is 23.4. The molecule has 24 rings (SSSR count). The van der Waals surface area contributed by atoms with Crippen molar-refractivity contribution in [1.82, 2.24) is 29.1 Å². The number of rotatable bonds is 7. The molecule has 506 valence electrons. The van der Waals surface area contributed by atoms with E-state index in [2.05, 4.69) is 373 Å². The van der Waals surface area contributed by atoms with Crippen molar-refractivity contribution in [3.05, 3.63) is 364 Å². The van der Waals surface area contributed by atoms with E-state index < -0.39 is 0 Å². The van der Waals surface area contributed by atoms with Gasteiger partial charge in [-0.05, 0) is 168 Å². The van der Waals surface area contributed by atoms with Crippen LogP contribution in [0.2, 0.25) is 0 Å². The smallest absolute Gasteiger partial charge is 0.165 e. The van der Waals surface area contributed by atoms with Gasteiger partial charge in [-0.1, -0.05) is 315 Å². The molecule has 0 saturated heterocycles. The molecule has 24 aromatic rings. The van der Waals surface area contributed by atoms with Gasteiger partial charge in [0.1, 0.15) is 11.4 Å². The van der Waals surface area contributed by atoms with E-state index in [4.69, 9.17) is 19.9 Å². The van der Waals surface area contributed by atoms with Gasteiger partial charge in [-0.3, -0.25) is 9.13 Å². The summed E-state index contributed by atoms with van der Waals surface area (Å²) in [6.07, 6.45) is 0. The first-order valence-corrected chi connectivity index (χ1v) is 37.7. The summed E-state index contributed by atoms with van der Waals surface area (Å²) in [5.41, 5.74) is 18.1. The lowest BCUT2D eigenvalue weighted by molar-refractivity contribution is 1.08. The second-order valence-corrected chi connectivity index (χ2v) is 29.4. The Hall–Kier alpha value is -14.7. The molecule has 6 heteroatoms. The molecule has 20 aromatic carbocycles. The highest BCUT2D eigenvalue weighted by Crippen LogP contribution is 2.50. The third kappa shape index (κ3) is 8.87. The Morgan fingerprint density at radius 1 is 0.164 bits per heavy atom. The molecule has 0 aliphatic carbocycles. The van der Waals surface area contributed by atoms with Crippen LogP contribution in [0.3, 0.4) is 0 Å². The van der Waals surface area contributed by atoms with E-state index >= 15 is 0 Å². The van der Waals surface area contributed by atoms with Crippen LogP contribution >= 0.6 is 0 Å². The lowest BCUT2D eigenvalue weighted by Crippen LogP contribution is -2.04. The first-order chi connectivity index (χ1) is 54.6. The topological polar surface area (TPSA) is 61.4 Å². The van der Waals surface area contributed by atoms with Gasteiger partial charge >= 0.3 is 0 Å². The molecule has 0 atom stereocenters. The van der Waals surface area contributed by atoms with Gasteiger partial charge in [-0.2, -0.15) is 0 Å². The maximum absolute atomic E-state index is 5.92. The summed E-state index contributed by atoms with van der Waals surface area (Å²) in [7, 11) is 0. The summed E-state index contributed by atoms with van der Waals surface area (Å²) < 4.78 is 4.81. The van der Waals surface area contributed by atoms with Crippen molar-refractivity contribution in [3.63, 3.8) is 0 Å². The van der Waals surface area contributed by atoms with E-state index in [1.165, 1.54) is 113 Å². The molecule has 0 aliphatic rings. The van der Waals surface area contributed by atoms with E-state index in [1.807, 2.05) is 0 Å². The fraction of sp³-hybridized carbons (Fsp3) is 0. The maximum atomic E-state index is 5.92. The van der Waals surface area contributed by atoms with E-state index in [1.54, 1.807) is 0 Å². The fourth-order valence-electron chi connectivity index (χ4n) is 18.6. The molecule has 0 fully saturated rings. The zero-order chi connectivity index (χ0) is 71.8. The summed E-state index contributed by atoms with van der Waals surface area (Å²) >= 11 is 0. The highest BCUT2D eigenvalue weighted by atomic mass is 15.1. The number of nitrogens with zero attached hydrogens (tertiary/aromatic N) is 6. The number of aromatic nitrogens is 6. The molecular formula is C104H60N6. The monoisotopic (exact) mass is 1390 g/mol. The molecule has 110 heavy (non-hydrogen) atoms. The Bertz CT molecular complexity index is 8090. The molecule has 0 saturated carbocycles. The summed E-state index contributed by atoms with van der Waals surface area (Å²) in [5.74, 6) is 1.55. The first kappa shape index (κ1) is 60.5. The first-order valence-electron chi connectivity index (χ1n) is 37.7. The number of benzene rings is 20. The molecule has 0 aliphatic heterocycles. The van der Waals surface area contributed by atoms with E-state index in [0.29, 0.717) is 0 Å². The number of hydrogen-bond acceptors (Lipinski definition) is 4. The van der Waals surface area contributed by atoms with Crippen molar-refractivity contribution in [1.29, 1.82) is 0 Å². The van der Waals surface area contributed by atoms with Crippen molar-refractivity contribution in [2.45, 2.75) is 0 Å². The summed E-state index contributed by atoms with van der Waals surface area (Å²) in [6, 6.07) is 133. The minimum atomic E-state index is 0.775. The molecule has 4 aromatic heterocycles. The number of hydrogen-bond donors (Lipinski definition) is 0. The molecule has 0 bridgehead atoms. The molecule has 6 nitrogen and oxygen atoms in total. The average Bonchev–Trinajstić information content (AvgIpc) is 1.52.